The summed E-state index contributed by atoms with van der Waals surface area (Å²) in [7, 11) is 1.45. The fourth-order valence-electron chi connectivity index (χ4n) is 1.89. The summed E-state index contributed by atoms with van der Waals surface area (Å²) in [5, 5.41) is 0. The molecule has 0 aliphatic rings. The van der Waals surface area contributed by atoms with Crippen LogP contribution in [0, 0.1) is 18.6 Å². The van der Waals surface area contributed by atoms with Gasteiger partial charge in [0.2, 0.25) is 0 Å². The van der Waals surface area contributed by atoms with E-state index in [-0.39, 0.29) is 16.7 Å². The number of rotatable bonds is 3. The first-order valence-corrected chi connectivity index (χ1v) is 5.66. The number of halogens is 2. The molecule has 0 aliphatic carbocycles. The van der Waals surface area contributed by atoms with Gasteiger partial charge in [0.1, 0.15) is 17.4 Å². The Balaban J connectivity index is 2.77. The SMILES string of the molecule is COc1ccc(C=O)c(-c2c(F)ccc(C)c2F)c1. The number of hydrogen-bond donors (Lipinski definition) is 0. The van der Waals surface area contributed by atoms with Gasteiger partial charge < -0.3 is 4.74 Å². The van der Waals surface area contributed by atoms with Crippen LogP contribution in [0.1, 0.15) is 15.9 Å². The molecule has 0 saturated heterocycles. The molecule has 0 saturated carbocycles. The molecule has 0 radical (unpaired) electrons. The maximum absolute atomic E-state index is 14.1. The Morgan fingerprint density at radius 3 is 2.53 bits per heavy atom. The zero-order chi connectivity index (χ0) is 14.0. The van der Waals surface area contributed by atoms with Crippen LogP contribution in [0.15, 0.2) is 30.3 Å². The lowest BCUT2D eigenvalue weighted by Gasteiger charge is -2.11. The maximum Gasteiger partial charge on any atom is 0.150 e. The number of aldehydes is 1. The van der Waals surface area contributed by atoms with E-state index in [0.29, 0.717) is 17.6 Å². The third-order valence-electron chi connectivity index (χ3n) is 2.94. The largest absolute Gasteiger partial charge is 0.497 e. The number of hydrogen-bond acceptors (Lipinski definition) is 2. The lowest BCUT2D eigenvalue weighted by Crippen LogP contribution is -1.97. The van der Waals surface area contributed by atoms with Gasteiger partial charge in [-0.1, -0.05) is 6.07 Å². The Kier molecular flexibility index (Phi) is 3.60. The summed E-state index contributed by atoms with van der Waals surface area (Å²) in [6.07, 6.45) is 0.565. The van der Waals surface area contributed by atoms with Crippen molar-refractivity contribution in [2.75, 3.05) is 7.11 Å². The van der Waals surface area contributed by atoms with E-state index in [1.807, 2.05) is 0 Å². The average molecular weight is 262 g/mol. The smallest absolute Gasteiger partial charge is 0.150 e. The second-order valence-electron chi connectivity index (χ2n) is 4.12. The Bertz CT molecular complexity index is 636. The van der Waals surface area contributed by atoms with Crippen molar-refractivity contribution in [1.82, 2.24) is 0 Å². The molecule has 2 aromatic carbocycles. The van der Waals surface area contributed by atoms with Gasteiger partial charge in [-0.25, -0.2) is 8.78 Å². The van der Waals surface area contributed by atoms with Crippen LogP contribution in [0.25, 0.3) is 11.1 Å². The van der Waals surface area contributed by atoms with Crippen LogP contribution in [-0.2, 0) is 0 Å². The number of benzene rings is 2. The van der Waals surface area contributed by atoms with Crippen LogP contribution in [0.4, 0.5) is 8.78 Å². The molecule has 0 fully saturated rings. The molecule has 0 unspecified atom stereocenters. The lowest BCUT2D eigenvalue weighted by atomic mass is 9.97. The van der Waals surface area contributed by atoms with Gasteiger partial charge in [-0.15, -0.1) is 0 Å². The van der Waals surface area contributed by atoms with Crippen molar-refractivity contribution in [2.24, 2.45) is 0 Å². The van der Waals surface area contributed by atoms with Crippen molar-refractivity contribution < 1.29 is 18.3 Å². The minimum Gasteiger partial charge on any atom is -0.497 e. The maximum atomic E-state index is 14.1. The molecule has 0 amide bonds. The molecule has 0 atom stereocenters. The van der Waals surface area contributed by atoms with Crippen molar-refractivity contribution in [1.29, 1.82) is 0 Å². The van der Waals surface area contributed by atoms with Gasteiger partial charge >= 0.3 is 0 Å². The molecule has 0 spiro atoms. The number of carbonyl (C=O) groups excluding carboxylic acids is 1. The fraction of sp³-hybridized carbons (Fsp3) is 0.133. The summed E-state index contributed by atoms with van der Waals surface area (Å²) >= 11 is 0. The van der Waals surface area contributed by atoms with E-state index in [1.165, 1.54) is 31.4 Å². The van der Waals surface area contributed by atoms with Gasteiger partial charge in [0.25, 0.3) is 0 Å². The van der Waals surface area contributed by atoms with Gasteiger partial charge in [-0.2, -0.15) is 0 Å². The highest BCUT2D eigenvalue weighted by atomic mass is 19.1. The van der Waals surface area contributed by atoms with Gasteiger partial charge in [0.05, 0.1) is 12.7 Å². The number of methoxy groups -OCH3 is 1. The van der Waals surface area contributed by atoms with Gasteiger partial charge in [0.15, 0.2) is 6.29 Å². The van der Waals surface area contributed by atoms with Crippen molar-refractivity contribution in [3.05, 3.63) is 53.1 Å². The Morgan fingerprint density at radius 2 is 1.89 bits per heavy atom. The Morgan fingerprint density at radius 1 is 1.16 bits per heavy atom. The van der Waals surface area contributed by atoms with E-state index >= 15 is 0 Å². The standard InChI is InChI=1S/C15H12F2O2/c1-9-3-6-13(16)14(15(9)17)12-7-11(19-2)5-4-10(12)8-18/h3-8H,1-2H3. The fourth-order valence-corrected chi connectivity index (χ4v) is 1.89. The quantitative estimate of drug-likeness (QED) is 0.787. The van der Waals surface area contributed by atoms with E-state index in [9.17, 15) is 13.6 Å². The third kappa shape index (κ3) is 2.34. The van der Waals surface area contributed by atoms with Crippen LogP contribution in [0.5, 0.6) is 5.75 Å². The molecule has 98 valence electrons. The normalized spacial score (nSPS) is 10.3. The summed E-state index contributed by atoms with van der Waals surface area (Å²) < 4.78 is 33.0. The summed E-state index contributed by atoms with van der Waals surface area (Å²) in [6.45, 7) is 1.54. The van der Waals surface area contributed by atoms with Crippen LogP contribution in [0.2, 0.25) is 0 Å². The summed E-state index contributed by atoms with van der Waals surface area (Å²) in [4.78, 5) is 11.0. The minimum atomic E-state index is -0.709. The molecular weight excluding hydrogens is 250 g/mol. The first kappa shape index (κ1) is 13.2. The highest BCUT2D eigenvalue weighted by Gasteiger charge is 2.17. The molecule has 0 bridgehead atoms. The molecule has 0 heterocycles. The highest BCUT2D eigenvalue weighted by molar-refractivity contribution is 5.88. The monoisotopic (exact) mass is 262 g/mol. The zero-order valence-corrected chi connectivity index (χ0v) is 10.5. The predicted octanol–water partition coefficient (Wildman–Crippen LogP) is 3.76. The van der Waals surface area contributed by atoms with Crippen molar-refractivity contribution >= 4 is 6.29 Å². The van der Waals surface area contributed by atoms with E-state index < -0.39 is 11.6 Å². The summed E-state index contributed by atoms with van der Waals surface area (Å²) in [6, 6.07) is 7.03. The lowest BCUT2D eigenvalue weighted by molar-refractivity contribution is 0.112. The molecule has 0 aromatic heterocycles. The van der Waals surface area contributed by atoms with Gasteiger partial charge in [-0.05, 0) is 36.8 Å². The summed E-state index contributed by atoms with van der Waals surface area (Å²) in [5.74, 6) is -0.947. The topological polar surface area (TPSA) is 26.3 Å². The van der Waals surface area contributed by atoms with Crippen LogP contribution >= 0.6 is 0 Å². The summed E-state index contributed by atoms with van der Waals surface area (Å²) in [5.41, 5.74) is 0.509. The highest BCUT2D eigenvalue weighted by Crippen LogP contribution is 2.32. The van der Waals surface area contributed by atoms with Gasteiger partial charge in [-0.3, -0.25) is 4.79 Å². The molecular formula is C15H12F2O2. The van der Waals surface area contributed by atoms with Crippen LogP contribution in [-0.4, -0.2) is 13.4 Å². The molecule has 0 N–H and O–H groups in total. The first-order chi connectivity index (χ1) is 9.08. The predicted molar refractivity (Wildman–Crippen MR) is 68.5 cm³/mol. The van der Waals surface area contributed by atoms with Gasteiger partial charge in [0, 0.05) is 11.1 Å². The zero-order valence-electron chi connectivity index (χ0n) is 10.5. The molecule has 2 aromatic rings. The van der Waals surface area contributed by atoms with E-state index in [1.54, 1.807) is 13.0 Å². The second-order valence-corrected chi connectivity index (χ2v) is 4.12. The minimum absolute atomic E-state index is 0.188. The van der Waals surface area contributed by atoms with E-state index in [2.05, 4.69) is 0 Å². The molecule has 2 rings (SSSR count). The number of carbonyl (C=O) groups is 1. The number of ether oxygens (including phenoxy) is 1. The average Bonchev–Trinajstić information content (AvgIpc) is 2.43. The third-order valence-corrected chi connectivity index (χ3v) is 2.94. The Hall–Kier alpha value is -2.23. The second kappa shape index (κ2) is 5.18. The van der Waals surface area contributed by atoms with E-state index in [0.717, 1.165) is 0 Å². The number of aryl methyl sites for hydroxylation is 1. The first-order valence-electron chi connectivity index (χ1n) is 5.66. The molecule has 0 aliphatic heterocycles. The van der Waals surface area contributed by atoms with Crippen molar-refractivity contribution in [3.8, 4) is 16.9 Å². The van der Waals surface area contributed by atoms with E-state index in [4.69, 9.17) is 4.74 Å². The Labute approximate surface area is 109 Å². The van der Waals surface area contributed by atoms with Crippen molar-refractivity contribution in [3.63, 3.8) is 0 Å². The van der Waals surface area contributed by atoms with Crippen molar-refractivity contribution in [2.45, 2.75) is 6.92 Å². The molecule has 4 heteroatoms. The molecule has 2 nitrogen and oxygen atoms in total. The molecule has 19 heavy (non-hydrogen) atoms. The van der Waals surface area contributed by atoms with Crippen LogP contribution in [0.3, 0.4) is 0 Å². The van der Waals surface area contributed by atoms with Crippen LogP contribution < -0.4 is 4.74 Å².